The third-order valence-corrected chi connectivity index (χ3v) is 3.94. The maximum Gasteiger partial charge on any atom is 0.171 e. The van der Waals surface area contributed by atoms with E-state index in [0.29, 0.717) is 5.11 Å². The molecular weight excluding hydrogens is 276 g/mol. The van der Waals surface area contributed by atoms with Crippen molar-refractivity contribution in [1.29, 1.82) is 0 Å². The lowest BCUT2D eigenvalue weighted by Gasteiger charge is -2.16. The molecule has 0 saturated carbocycles. The Labute approximate surface area is 122 Å². The molecule has 100 valence electrons. The largest absolute Gasteiger partial charge is 0.497 e. The quantitative estimate of drug-likeness (QED) is 0.840. The van der Waals surface area contributed by atoms with E-state index in [1.165, 1.54) is 4.88 Å². The van der Waals surface area contributed by atoms with Gasteiger partial charge in [-0.25, -0.2) is 0 Å². The molecule has 5 heteroatoms. The molecule has 2 N–H and O–H groups in total. The summed E-state index contributed by atoms with van der Waals surface area (Å²) in [5, 5.41) is 9.09. The van der Waals surface area contributed by atoms with Gasteiger partial charge in [-0.1, -0.05) is 6.07 Å². The van der Waals surface area contributed by atoms with Gasteiger partial charge in [0.2, 0.25) is 0 Å². The smallest absolute Gasteiger partial charge is 0.171 e. The monoisotopic (exact) mass is 292 g/mol. The number of thiophene rings is 1. The molecule has 1 aromatic carbocycles. The zero-order valence-corrected chi connectivity index (χ0v) is 12.5. The van der Waals surface area contributed by atoms with Gasteiger partial charge >= 0.3 is 0 Å². The van der Waals surface area contributed by atoms with Crippen LogP contribution in [0.2, 0.25) is 0 Å². The van der Waals surface area contributed by atoms with Crippen LogP contribution in [0, 0.1) is 0 Å². The highest BCUT2D eigenvalue weighted by Gasteiger charge is 2.07. The van der Waals surface area contributed by atoms with Crippen LogP contribution in [0.5, 0.6) is 5.75 Å². The number of benzene rings is 1. The molecule has 0 aliphatic rings. The molecule has 0 unspecified atom stereocenters. The maximum absolute atomic E-state index is 5.30. The minimum atomic E-state index is 0.207. The highest BCUT2D eigenvalue weighted by Crippen LogP contribution is 2.19. The number of rotatable bonds is 4. The number of thiocarbonyl (C=S) groups is 1. The van der Waals surface area contributed by atoms with Crippen LogP contribution in [-0.4, -0.2) is 12.2 Å². The highest BCUT2D eigenvalue weighted by atomic mass is 32.1. The van der Waals surface area contributed by atoms with Crippen molar-refractivity contribution in [3.05, 3.63) is 46.7 Å². The maximum atomic E-state index is 5.30. The van der Waals surface area contributed by atoms with Gasteiger partial charge in [0, 0.05) is 10.6 Å². The average molecular weight is 292 g/mol. The lowest BCUT2D eigenvalue weighted by Crippen LogP contribution is -2.30. The van der Waals surface area contributed by atoms with Crippen LogP contribution < -0.4 is 15.4 Å². The van der Waals surface area contributed by atoms with Crippen molar-refractivity contribution in [2.24, 2.45) is 0 Å². The molecule has 19 heavy (non-hydrogen) atoms. The lowest BCUT2D eigenvalue weighted by atomic mass is 10.3. The summed E-state index contributed by atoms with van der Waals surface area (Å²) in [4.78, 5) is 1.26. The van der Waals surface area contributed by atoms with E-state index in [1.807, 2.05) is 30.3 Å². The molecule has 0 amide bonds. The molecule has 0 aliphatic carbocycles. The van der Waals surface area contributed by atoms with Crippen molar-refractivity contribution >= 4 is 34.4 Å². The Balaban J connectivity index is 1.90. The van der Waals surface area contributed by atoms with Gasteiger partial charge in [0.1, 0.15) is 5.75 Å². The molecule has 0 aliphatic heterocycles. The van der Waals surface area contributed by atoms with Crippen LogP contribution in [-0.2, 0) is 0 Å². The Bertz CT molecular complexity index is 523. The molecule has 1 atom stereocenters. The average Bonchev–Trinajstić information content (AvgIpc) is 2.93. The SMILES string of the molecule is COc1ccc(NC(=S)N[C@@H](C)c2cccs2)cc1. The fourth-order valence-electron chi connectivity index (χ4n) is 1.65. The second-order valence-electron chi connectivity index (χ2n) is 4.06. The van der Waals surface area contributed by atoms with Gasteiger partial charge in [-0.3, -0.25) is 0 Å². The highest BCUT2D eigenvalue weighted by molar-refractivity contribution is 7.80. The predicted molar refractivity (Wildman–Crippen MR) is 85.1 cm³/mol. The molecule has 0 radical (unpaired) electrons. The fourth-order valence-corrected chi connectivity index (χ4v) is 2.68. The van der Waals surface area contributed by atoms with E-state index in [4.69, 9.17) is 17.0 Å². The zero-order chi connectivity index (χ0) is 13.7. The number of hydrogen-bond acceptors (Lipinski definition) is 3. The Morgan fingerprint density at radius 2 is 2.00 bits per heavy atom. The van der Waals surface area contributed by atoms with Crippen LogP contribution in [0.25, 0.3) is 0 Å². The summed E-state index contributed by atoms with van der Waals surface area (Å²) in [5.74, 6) is 0.830. The first-order valence-electron chi connectivity index (χ1n) is 5.94. The molecule has 0 saturated heterocycles. The Morgan fingerprint density at radius 1 is 1.26 bits per heavy atom. The van der Waals surface area contributed by atoms with Gasteiger partial charge in [0.25, 0.3) is 0 Å². The second kappa shape index (κ2) is 6.54. The minimum Gasteiger partial charge on any atom is -0.497 e. The van der Waals surface area contributed by atoms with Crippen molar-refractivity contribution in [2.45, 2.75) is 13.0 Å². The molecule has 0 spiro atoms. The predicted octanol–water partition coefficient (Wildman–Crippen LogP) is 3.80. The van der Waals surface area contributed by atoms with Crippen LogP contribution in [0.3, 0.4) is 0 Å². The molecule has 0 bridgehead atoms. The van der Waals surface area contributed by atoms with E-state index in [1.54, 1.807) is 18.4 Å². The minimum absolute atomic E-state index is 0.207. The Hall–Kier alpha value is -1.59. The molecular formula is C14H16N2OS2. The molecule has 1 aromatic heterocycles. The van der Waals surface area contributed by atoms with Crippen LogP contribution >= 0.6 is 23.6 Å². The van der Waals surface area contributed by atoms with Gasteiger partial charge < -0.3 is 15.4 Å². The third kappa shape index (κ3) is 3.94. The molecule has 0 fully saturated rings. The summed E-state index contributed by atoms with van der Waals surface area (Å²) in [7, 11) is 1.65. The summed E-state index contributed by atoms with van der Waals surface area (Å²) in [6.45, 7) is 2.09. The first kappa shape index (κ1) is 13.8. The molecule has 2 rings (SSSR count). The number of methoxy groups -OCH3 is 1. The zero-order valence-electron chi connectivity index (χ0n) is 10.8. The number of ether oxygens (including phenoxy) is 1. The standard InChI is InChI=1S/C14H16N2OS2/c1-10(13-4-3-9-19-13)15-14(18)16-11-5-7-12(17-2)8-6-11/h3-10H,1-2H3,(H2,15,16,18)/t10-/m0/s1. The molecule has 2 aromatic rings. The third-order valence-electron chi connectivity index (χ3n) is 2.67. The number of hydrogen-bond donors (Lipinski definition) is 2. The van der Waals surface area contributed by atoms with E-state index in [-0.39, 0.29) is 6.04 Å². The first-order chi connectivity index (χ1) is 9.19. The Kier molecular flexibility index (Phi) is 4.76. The van der Waals surface area contributed by atoms with Gasteiger partial charge in [-0.15, -0.1) is 11.3 Å². The van der Waals surface area contributed by atoms with Crippen molar-refractivity contribution in [3.8, 4) is 5.75 Å². The number of anilines is 1. The summed E-state index contributed by atoms with van der Waals surface area (Å²) in [5.41, 5.74) is 0.941. The van der Waals surface area contributed by atoms with Gasteiger partial charge in [-0.2, -0.15) is 0 Å². The summed E-state index contributed by atoms with van der Waals surface area (Å²) in [6.07, 6.45) is 0. The van der Waals surface area contributed by atoms with Gasteiger partial charge in [-0.05, 0) is 54.9 Å². The van der Waals surface area contributed by atoms with Crippen LogP contribution in [0.4, 0.5) is 5.69 Å². The van der Waals surface area contributed by atoms with Gasteiger partial charge in [0.15, 0.2) is 5.11 Å². The topological polar surface area (TPSA) is 33.3 Å². The molecule has 1 heterocycles. The first-order valence-corrected chi connectivity index (χ1v) is 7.23. The lowest BCUT2D eigenvalue weighted by molar-refractivity contribution is 0.415. The summed E-state index contributed by atoms with van der Waals surface area (Å²) < 4.78 is 5.11. The van der Waals surface area contributed by atoms with Crippen molar-refractivity contribution in [3.63, 3.8) is 0 Å². The van der Waals surface area contributed by atoms with Gasteiger partial charge in [0.05, 0.1) is 13.2 Å². The van der Waals surface area contributed by atoms with Crippen molar-refractivity contribution < 1.29 is 4.74 Å². The van der Waals surface area contributed by atoms with Crippen molar-refractivity contribution in [1.82, 2.24) is 5.32 Å². The Morgan fingerprint density at radius 3 is 2.58 bits per heavy atom. The van der Waals surface area contributed by atoms with E-state index in [9.17, 15) is 0 Å². The molecule has 3 nitrogen and oxygen atoms in total. The summed E-state index contributed by atoms with van der Waals surface area (Å²) >= 11 is 7.02. The second-order valence-corrected chi connectivity index (χ2v) is 5.45. The van der Waals surface area contributed by atoms with E-state index in [0.717, 1.165) is 11.4 Å². The van der Waals surface area contributed by atoms with E-state index < -0.39 is 0 Å². The summed E-state index contributed by atoms with van der Waals surface area (Å²) in [6, 6.07) is 12.0. The van der Waals surface area contributed by atoms with Crippen LogP contribution in [0.15, 0.2) is 41.8 Å². The van der Waals surface area contributed by atoms with Crippen LogP contribution in [0.1, 0.15) is 17.8 Å². The number of nitrogens with one attached hydrogen (secondary N) is 2. The van der Waals surface area contributed by atoms with E-state index >= 15 is 0 Å². The van der Waals surface area contributed by atoms with Crippen molar-refractivity contribution in [2.75, 3.05) is 12.4 Å². The normalized spacial score (nSPS) is 11.7. The fraction of sp³-hybridized carbons (Fsp3) is 0.214. The van der Waals surface area contributed by atoms with E-state index in [2.05, 4.69) is 29.0 Å².